The Kier molecular flexibility index (Phi) is 3.98. The van der Waals surface area contributed by atoms with Crippen LogP contribution in [0.5, 0.6) is 0 Å². The molecule has 2 nitrogen and oxygen atoms in total. The van der Waals surface area contributed by atoms with Crippen molar-refractivity contribution in [2.45, 2.75) is 25.8 Å². The van der Waals surface area contributed by atoms with Crippen molar-refractivity contribution in [2.24, 2.45) is 5.73 Å². The zero-order valence-electron chi connectivity index (χ0n) is 12.3. The molecule has 21 heavy (non-hydrogen) atoms. The van der Waals surface area contributed by atoms with Gasteiger partial charge in [0.05, 0.1) is 5.52 Å². The molecule has 0 aliphatic rings. The van der Waals surface area contributed by atoms with Gasteiger partial charge in [0.1, 0.15) is 0 Å². The molecule has 0 fully saturated rings. The van der Waals surface area contributed by atoms with Crippen LogP contribution in [0, 0.1) is 6.92 Å². The van der Waals surface area contributed by atoms with Gasteiger partial charge in [0.15, 0.2) is 0 Å². The number of para-hydroxylation sites is 1. The highest BCUT2D eigenvalue weighted by Crippen LogP contribution is 2.24. The van der Waals surface area contributed by atoms with Gasteiger partial charge in [-0.05, 0) is 42.5 Å². The summed E-state index contributed by atoms with van der Waals surface area (Å²) in [5, 5.41) is 1.15. The summed E-state index contributed by atoms with van der Waals surface area (Å²) in [6.45, 7) is 2.15. The summed E-state index contributed by atoms with van der Waals surface area (Å²) in [6.07, 6.45) is 3.76. The summed E-state index contributed by atoms with van der Waals surface area (Å²) in [6, 6.07) is 18.8. The summed E-state index contributed by atoms with van der Waals surface area (Å²) in [4.78, 5) is 4.49. The fourth-order valence-corrected chi connectivity index (χ4v) is 2.78. The quantitative estimate of drug-likeness (QED) is 0.776. The number of pyridine rings is 1. The SMILES string of the molecule is Cc1ccccc1CCC(N)c1cccc2cccnc12. The second-order valence-corrected chi connectivity index (χ2v) is 5.49. The molecule has 1 unspecified atom stereocenters. The molecule has 0 aliphatic carbocycles. The number of aromatic nitrogens is 1. The van der Waals surface area contributed by atoms with Gasteiger partial charge >= 0.3 is 0 Å². The maximum absolute atomic E-state index is 6.42. The zero-order valence-corrected chi connectivity index (χ0v) is 12.3. The van der Waals surface area contributed by atoms with Crippen LogP contribution in [0.15, 0.2) is 60.8 Å². The zero-order chi connectivity index (χ0) is 14.7. The third-order valence-corrected chi connectivity index (χ3v) is 4.05. The summed E-state index contributed by atoms with van der Waals surface area (Å²) in [5.41, 5.74) is 11.3. The van der Waals surface area contributed by atoms with E-state index in [0.717, 1.165) is 29.3 Å². The van der Waals surface area contributed by atoms with Crippen molar-refractivity contribution in [1.29, 1.82) is 0 Å². The average molecular weight is 276 g/mol. The molecule has 0 bridgehead atoms. The smallest absolute Gasteiger partial charge is 0.0749 e. The van der Waals surface area contributed by atoms with E-state index in [2.05, 4.69) is 60.4 Å². The number of aryl methyl sites for hydroxylation is 2. The van der Waals surface area contributed by atoms with Crippen molar-refractivity contribution < 1.29 is 0 Å². The number of nitrogens with zero attached hydrogens (tertiary/aromatic N) is 1. The standard InChI is InChI=1S/C19H20N2/c1-14-6-2-3-7-15(14)11-12-18(20)17-10-4-8-16-9-5-13-21-19(16)17/h2-10,13,18H,11-12,20H2,1H3. The number of nitrogens with two attached hydrogens (primary N) is 1. The van der Waals surface area contributed by atoms with Crippen molar-refractivity contribution >= 4 is 10.9 Å². The van der Waals surface area contributed by atoms with E-state index >= 15 is 0 Å². The minimum atomic E-state index is 0.0169. The first-order valence-electron chi connectivity index (χ1n) is 7.39. The minimum absolute atomic E-state index is 0.0169. The Hall–Kier alpha value is -2.19. The Morgan fingerprint density at radius 1 is 1.00 bits per heavy atom. The lowest BCUT2D eigenvalue weighted by Gasteiger charge is -2.15. The minimum Gasteiger partial charge on any atom is -0.324 e. The maximum atomic E-state index is 6.42. The van der Waals surface area contributed by atoms with E-state index < -0.39 is 0 Å². The third-order valence-electron chi connectivity index (χ3n) is 4.05. The number of fused-ring (bicyclic) bond motifs is 1. The van der Waals surface area contributed by atoms with Crippen LogP contribution in [-0.4, -0.2) is 4.98 Å². The number of benzene rings is 2. The summed E-state index contributed by atoms with van der Waals surface area (Å²) >= 11 is 0. The molecule has 0 saturated heterocycles. The van der Waals surface area contributed by atoms with Crippen LogP contribution in [0.2, 0.25) is 0 Å². The molecular weight excluding hydrogens is 256 g/mol. The summed E-state index contributed by atoms with van der Waals surface area (Å²) in [7, 11) is 0. The topological polar surface area (TPSA) is 38.9 Å². The first-order chi connectivity index (χ1) is 10.3. The molecule has 0 amide bonds. The van der Waals surface area contributed by atoms with Crippen LogP contribution < -0.4 is 5.73 Å². The molecular formula is C19H20N2. The lowest BCUT2D eigenvalue weighted by Crippen LogP contribution is -2.12. The molecule has 3 rings (SSSR count). The molecule has 2 aromatic carbocycles. The highest BCUT2D eigenvalue weighted by atomic mass is 14.7. The van der Waals surface area contributed by atoms with Crippen LogP contribution in [0.1, 0.15) is 29.2 Å². The molecule has 106 valence electrons. The molecule has 1 atom stereocenters. The monoisotopic (exact) mass is 276 g/mol. The van der Waals surface area contributed by atoms with E-state index in [1.165, 1.54) is 11.1 Å². The highest BCUT2D eigenvalue weighted by molar-refractivity contribution is 5.81. The van der Waals surface area contributed by atoms with Gasteiger partial charge in [-0.25, -0.2) is 0 Å². The van der Waals surface area contributed by atoms with E-state index in [1.807, 2.05) is 12.3 Å². The summed E-state index contributed by atoms with van der Waals surface area (Å²) in [5.74, 6) is 0. The van der Waals surface area contributed by atoms with E-state index in [9.17, 15) is 0 Å². The van der Waals surface area contributed by atoms with Crippen LogP contribution in [0.3, 0.4) is 0 Å². The molecule has 0 radical (unpaired) electrons. The molecule has 3 aromatic rings. The molecule has 1 heterocycles. The molecule has 2 heteroatoms. The fraction of sp³-hybridized carbons (Fsp3) is 0.211. The Labute approximate surface area is 125 Å². The Balaban J connectivity index is 1.81. The maximum Gasteiger partial charge on any atom is 0.0749 e. The van der Waals surface area contributed by atoms with Crippen LogP contribution in [0.4, 0.5) is 0 Å². The van der Waals surface area contributed by atoms with E-state index in [1.54, 1.807) is 0 Å². The normalized spacial score (nSPS) is 12.5. The first kappa shape index (κ1) is 13.8. The van der Waals surface area contributed by atoms with Crippen molar-refractivity contribution in [2.75, 3.05) is 0 Å². The third kappa shape index (κ3) is 2.96. The van der Waals surface area contributed by atoms with Gasteiger partial charge < -0.3 is 5.73 Å². The van der Waals surface area contributed by atoms with Crippen molar-refractivity contribution in [1.82, 2.24) is 4.98 Å². The van der Waals surface area contributed by atoms with Gasteiger partial charge in [-0.3, -0.25) is 4.98 Å². The first-order valence-corrected chi connectivity index (χ1v) is 7.39. The van der Waals surface area contributed by atoms with Crippen molar-refractivity contribution in [3.63, 3.8) is 0 Å². The van der Waals surface area contributed by atoms with Gasteiger partial charge in [-0.15, -0.1) is 0 Å². The van der Waals surface area contributed by atoms with Gasteiger partial charge in [-0.1, -0.05) is 48.5 Å². The predicted octanol–water partition coefficient (Wildman–Crippen LogP) is 4.18. The van der Waals surface area contributed by atoms with Gasteiger partial charge in [0.2, 0.25) is 0 Å². The molecule has 0 aliphatic heterocycles. The second kappa shape index (κ2) is 6.06. The average Bonchev–Trinajstić information content (AvgIpc) is 2.53. The molecule has 0 spiro atoms. The lowest BCUT2D eigenvalue weighted by molar-refractivity contribution is 0.653. The predicted molar refractivity (Wildman–Crippen MR) is 88.2 cm³/mol. The van der Waals surface area contributed by atoms with Crippen molar-refractivity contribution in [3.8, 4) is 0 Å². The number of hydrogen-bond donors (Lipinski definition) is 1. The van der Waals surface area contributed by atoms with Gasteiger partial charge in [-0.2, -0.15) is 0 Å². The molecule has 2 N–H and O–H groups in total. The second-order valence-electron chi connectivity index (χ2n) is 5.49. The highest BCUT2D eigenvalue weighted by Gasteiger charge is 2.11. The van der Waals surface area contributed by atoms with Crippen molar-refractivity contribution in [3.05, 3.63) is 77.5 Å². The number of hydrogen-bond acceptors (Lipinski definition) is 2. The number of rotatable bonds is 4. The van der Waals surface area contributed by atoms with E-state index in [4.69, 9.17) is 5.73 Å². The Bertz CT molecular complexity index is 744. The Morgan fingerprint density at radius 3 is 2.67 bits per heavy atom. The van der Waals surface area contributed by atoms with E-state index in [-0.39, 0.29) is 6.04 Å². The molecule has 1 aromatic heterocycles. The molecule has 0 saturated carbocycles. The van der Waals surface area contributed by atoms with Crippen LogP contribution in [0.25, 0.3) is 10.9 Å². The lowest BCUT2D eigenvalue weighted by atomic mass is 9.96. The Morgan fingerprint density at radius 2 is 1.81 bits per heavy atom. The van der Waals surface area contributed by atoms with Gasteiger partial charge in [0, 0.05) is 17.6 Å². The summed E-state index contributed by atoms with van der Waals surface area (Å²) < 4.78 is 0. The van der Waals surface area contributed by atoms with Gasteiger partial charge in [0.25, 0.3) is 0 Å². The fourth-order valence-electron chi connectivity index (χ4n) is 2.78. The largest absolute Gasteiger partial charge is 0.324 e. The van der Waals surface area contributed by atoms with Crippen LogP contribution in [-0.2, 0) is 6.42 Å². The van der Waals surface area contributed by atoms with E-state index in [0.29, 0.717) is 0 Å². The van der Waals surface area contributed by atoms with Crippen LogP contribution >= 0.6 is 0 Å².